The van der Waals surface area contributed by atoms with Gasteiger partial charge in [0.2, 0.25) is 0 Å². The van der Waals surface area contributed by atoms with E-state index in [1.807, 2.05) is 0 Å². The second-order valence-corrected chi connectivity index (χ2v) is 15.7. The molecule has 0 bridgehead atoms. The van der Waals surface area contributed by atoms with Crippen LogP contribution in [0.2, 0.25) is 0 Å². The summed E-state index contributed by atoms with van der Waals surface area (Å²) >= 11 is 0. The third-order valence-electron chi connectivity index (χ3n) is 12.2. The Bertz CT molecular complexity index is 3160. The summed E-state index contributed by atoms with van der Waals surface area (Å²) in [5.74, 6) is 0. The molecule has 1 aliphatic rings. The van der Waals surface area contributed by atoms with Gasteiger partial charge in [0.1, 0.15) is 0 Å². The molecule has 10 aromatic carbocycles. The van der Waals surface area contributed by atoms with E-state index < -0.39 is 0 Å². The number of benzene rings is 10. The number of rotatable bonds is 4. The average Bonchev–Trinajstić information content (AvgIpc) is 3.47. The Labute approximate surface area is 322 Å². The van der Waals surface area contributed by atoms with Crippen molar-refractivity contribution in [3.63, 3.8) is 0 Å². The van der Waals surface area contributed by atoms with Crippen LogP contribution in [0.25, 0.3) is 98.7 Å². The minimum absolute atomic E-state index is 0.0370. The maximum atomic E-state index is 2.46. The van der Waals surface area contributed by atoms with Gasteiger partial charge < -0.3 is 0 Å². The third-order valence-corrected chi connectivity index (χ3v) is 12.2. The molecule has 0 spiro atoms. The molecular weight excluding hydrogens is 661 g/mol. The lowest BCUT2D eigenvalue weighted by Gasteiger charge is -2.22. The second-order valence-electron chi connectivity index (χ2n) is 15.7. The summed E-state index contributed by atoms with van der Waals surface area (Å²) in [6.07, 6.45) is 0. The van der Waals surface area contributed by atoms with Gasteiger partial charge in [0.05, 0.1) is 0 Å². The minimum Gasteiger partial charge on any atom is -0.0622 e. The van der Waals surface area contributed by atoms with Gasteiger partial charge in [0, 0.05) is 5.41 Å². The van der Waals surface area contributed by atoms with Gasteiger partial charge >= 0.3 is 0 Å². The van der Waals surface area contributed by atoms with Crippen molar-refractivity contribution in [1.82, 2.24) is 0 Å². The van der Waals surface area contributed by atoms with Gasteiger partial charge in [-0.25, -0.2) is 0 Å². The Hall–Kier alpha value is -6.76. The van der Waals surface area contributed by atoms with Crippen molar-refractivity contribution in [2.24, 2.45) is 0 Å². The molecule has 1 aliphatic carbocycles. The van der Waals surface area contributed by atoms with Crippen molar-refractivity contribution in [2.75, 3.05) is 0 Å². The molecular formula is C55H38. The van der Waals surface area contributed by atoms with E-state index in [1.54, 1.807) is 0 Å². The van der Waals surface area contributed by atoms with Gasteiger partial charge in [-0.3, -0.25) is 0 Å². The topological polar surface area (TPSA) is 0 Å². The Kier molecular flexibility index (Phi) is 7.00. The number of hydrogen-bond donors (Lipinski definition) is 0. The van der Waals surface area contributed by atoms with Gasteiger partial charge in [0.25, 0.3) is 0 Å². The van der Waals surface area contributed by atoms with Gasteiger partial charge in [-0.05, 0) is 134 Å². The van der Waals surface area contributed by atoms with Crippen molar-refractivity contribution < 1.29 is 0 Å². The largest absolute Gasteiger partial charge is 0.0622 e. The Morgan fingerprint density at radius 1 is 0.273 bits per heavy atom. The molecule has 10 aromatic rings. The van der Waals surface area contributed by atoms with Gasteiger partial charge in [0.15, 0.2) is 0 Å². The first-order chi connectivity index (χ1) is 27.0. The fraction of sp³-hybridized carbons (Fsp3) is 0.0545. The summed E-state index contributed by atoms with van der Waals surface area (Å²) in [7, 11) is 0. The molecule has 11 rings (SSSR count). The van der Waals surface area contributed by atoms with Crippen LogP contribution in [0.1, 0.15) is 25.0 Å². The van der Waals surface area contributed by atoms with Crippen molar-refractivity contribution in [3.8, 4) is 55.6 Å². The first kappa shape index (κ1) is 31.7. The first-order valence-corrected chi connectivity index (χ1v) is 19.3. The maximum absolute atomic E-state index is 2.46. The minimum atomic E-state index is -0.0370. The Morgan fingerprint density at radius 3 is 1.64 bits per heavy atom. The van der Waals surface area contributed by atoms with E-state index in [0.717, 1.165) is 0 Å². The highest BCUT2D eigenvalue weighted by Crippen LogP contribution is 2.51. The molecule has 0 unspecified atom stereocenters. The molecule has 0 heteroatoms. The highest BCUT2D eigenvalue weighted by atomic mass is 14.4. The lowest BCUT2D eigenvalue weighted by atomic mass is 9.81. The van der Waals surface area contributed by atoms with E-state index in [2.05, 4.69) is 208 Å². The summed E-state index contributed by atoms with van der Waals surface area (Å²) in [6.45, 7) is 4.72. The summed E-state index contributed by atoms with van der Waals surface area (Å²) in [4.78, 5) is 0. The molecule has 0 nitrogen and oxygen atoms in total. The van der Waals surface area contributed by atoms with Crippen molar-refractivity contribution in [1.29, 1.82) is 0 Å². The fourth-order valence-corrected chi connectivity index (χ4v) is 9.53. The van der Waals surface area contributed by atoms with Crippen LogP contribution in [0.4, 0.5) is 0 Å². The summed E-state index contributed by atoms with van der Waals surface area (Å²) < 4.78 is 0. The molecule has 0 aliphatic heterocycles. The SMILES string of the molecule is CC1(C)c2ccccc2-c2cc(-c3c4ccccc4c(-c4ccc5cc(-c6cccc7ccccc67)ccc5c4)c4ccc(-c5ccccc5)cc34)ccc21. The summed E-state index contributed by atoms with van der Waals surface area (Å²) in [6, 6.07) is 72.3. The predicted molar refractivity (Wildman–Crippen MR) is 236 cm³/mol. The van der Waals surface area contributed by atoms with Crippen LogP contribution in [0.5, 0.6) is 0 Å². The molecule has 0 saturated heterocycles. The molecule has 0 atom stereocenters. The Morgan fingerprint density at radius 2 is 0.818 bits per heavy atom. The van der Waals surface area contributed by atoms with E-state index in [-0.39, 0.29) is 5.41 Å². The zero-order valence-corrected chi connectivity index (χ0v) is 31.0. The molecule has 0 aromatic heterocycles. The first-order valence-electron chi connectivity index (χ1n) is 19.3. The number of fused-ring (bicyclic) bond motifs is 7. The molecule has 0 fully saturated rings. The van der Waals surface area contributed by atoms with Gasteiger partial charge in [-0.1, -0.05) is 184 Å². The Balaban J connectivity index is 1.15. The van der Waals surface area contributed by atoms with E-state index in [4.69, 9.17) is 0 Å². The van der Waals surface area contributed by atoms with Crippen LogP contribution in [0.3, 0.4) is 0 Å². The van der Waals surface area contributed by atoms with E-state index in [1.165, 1.54) is 110 Å². The zero-order chi connectivity index (χ0) is 36.7. The molecule has 55 heavy (non-hydrogen) atoms. The van der Waals surface area contributed by atoms with Crippen LogP contribution in [-0.2, 0) is 5.41 Å². The van der Waals surface area contributed by atoms with Crippen LogP contribution >= 0.6 is 0 Å². The van der Waals surface area contributed by atoms with Crippen LogP contribution in [0, 0.1) is 0 Å². The van der Waals surface area contributed by atoms with E-state index >= 15 is 0 Å². The van der Waals surface area contributed by atoms with Crippen LogP contribution in [0.15, 0.2) is 194 Å². The van der Waals surface area contributed by atoms with Crippen LogP contribution in [-0.4, -0.2) is 0 Å². The quantitative estimate of drug-likeness (QED) is 0.161. The summed E-state index contributed by atoms with van der Waals surface area (Å²) in [5, 5.41) is 10.1. The normalized spacial score (nSPS) is 13.1. The third kappa shape index (κ3) is 4.92. The van der Waals surface area contributed by atoms with Crippen molar-refractivity contribution in [3.05, 3.63) is 205 Å². The lowest BCUT2D eigenvalue weighted by molar-refractivity contribution is 0.660. The zero-order valence-electron chi connectivity index (χ0n) is 31.0. The standard InChI is InChI=1S/C55H38/c1-55(2)51-22-11-10-18-45(51)49-34-42(28-30-52(49)55)54-47-20-9-8-19-46(47)53(48-29-27-39(33-50(48)54)35-13-4-3-5-14-35)41-26-24-37-31-40(25-23-38(37)32-41)44-21-12-16-36-15-6-7-17-43(36)44/h3-34H,1-2H3. The fourth-order valence-electron chi connectivity index (χ4n) is 9.53. The van der Waals surface area contributed by atoms with Crippen molar-refractivity contribution >= 4 is 43.1 Å². The van der Waals surface area contributed by atoms with Crippen LogP contribution < -0.4 is 0 Å². The lowest BCUT2D eigenvalue weighted by Crippen LogP contribution is -2.14. The molecule has 0 amide bonds. The highest BCUT2D eigenvalue weighted by Gasteiger charge is 2.35. The smallest absolute Gasteiger partial charge is 0.0158 e. The maximum Gasteiger partial charge on any atom is 0.0158 e. The monoisotopic (exact) mass is 698 g/mol. The predicted octanol–water partition coefficient (Wildman–Crippen LogP) is 15.3. The number of hydrogen-bond acceptors (Lipinski definition) is 0. The molecule has 0 radical (unpaired) electrons. The van der Waals surface area contributed by atoms with Crippen molar-refractivity contribution in [2.45, 2.75) is 19.3 Å². The molecule has 258 valence electrons. The van der Waals surface area contributed by atoms with Gasteiger partial charge in [-0.15, -0.1) is 0 Å². The second kappa shape index (κ2) is 12.1. The molecule has 0 heterocycles. The van der Waals surface area contributed by atoms with Gasteiger partial charge in [-0.2, -0.15) is 0 Å². The average molecular weight is 699 g/mol. The highest BCUT2D eigenvalue weighted by molar-refractivity contribution is 6.22. The molecule has 0 saturated carbocycles. The van der Waals surface area contributed by atoms with E-state index in [9.17, 15) is 0 Å². The summed E-state index contributed by atoms with van der Waals surface area (Å²) in [5.41, 5.74) is 15.5. The molecule has 0 N–H and O–H groups in total. The van der Waals surface area contributed by atoms with E-state index in [0.29, 0.717) is 0 Å².